The van der Waals surface area contributed by atoms with Crippen molar-refractivity contribution in [3.8, 4) is 0 Å². The molecular weight excluding hydrogens is 400 g/mol. The highest BCUT2D eigenvalue weighted by atomic mass is 79.9. The first-order valence-corrected chi connectivity index (χ1v) is 10.2. The third kappa shape index (κ3) is 4.70. The minimum atomic E-state index is 0.0538. The lowest BCUT2D eigenvalue weighted by Gasteiger charge is -2.34. The van der Waals surface area contributed by atoms with E-state index in [0.29, 0.717) is 32.6 Å². The second-order valence-electron chi connectivity index (χ2n) is 6.11. The molecule has 0 radical (unpaired) electrons. The molecule has 0 N–H and O–H groups in total. The number of rotatable bonds is 5. The van der Waals surface area contributed by atoms with E-state index in [0.717, 1.165) is 22.2 Å². The molecule has 2 heterocycles. The molecule has 1 aliphatic heterocycles. The van der Waals surface area contributed by atoms with Gasteiger partial charge in [-0.05, 0) is 45.8 Å². The molecule has 1 aromatic carbocycles. The molecule has 6 heteroatoms. The molecule has 25 heavy (non-hydrogen) atoms. The van der Waals surface area contributed by atoms with Crippen molar-refractivity contribution in [1.82, 2.24) is 9.80 Å². The molecule has 0 bridgehead atoms. The smallest absolute Gasteiger partial charge is 0.265 e. The fourth-order valence-corrected chi connectivity index (χ4v) is 4.50. The van der Waals surface area contributed by atoms with Crippen LogP contribution in [0.3, 0.4) is 0 Å². The average Bonchev–Trinajstić information content (AvgIpc) is 3.08. The van der Waals surface area contributed by atoms with Gasteiger partial charge in [0, 0.05) is 37.1 Å². The van der Waals surface area contributed by atoms with Crippen LogP contribution in [-0.4, -0.2) is 47.8 Å². The quantitative estimate of drug-likeness (QED) is 0.737. The molecule has 3 rings (SSSR count). The number of nitrogens with zero attached hydrogens (tertiary/aromatic N) is 2. The Morgan fingerprint density at radius 3 is 2.32 bits per heavy atom. The molecule has 0 spiro atoms. The second kappa shape index (κ2) is 8.63. The molecule has 0 atom stereocenters. The Kier molecular flexibility index (Phi) is 6.26. The highest BCUT2D eigenvalue weighted by Crippen LogP contribution is 2.24. The van der Waals surface area contributed by atoms with E-state index < -0.39 is 0 Å². The van der Waals surface area contributed by atoms with Crippen LogP contribution in [0.4, 0.5) is 0 Å². The van der Waals surface area contributed by atoms with Gasteiger partial charge in [0.1, 0.15) is 4.88 Å². The molecule has 0 unspecified atom stereocenters. The number of amides is 2. The van der Waals surface area contributed by atoms with Gasteiger partial charge in [0.2, 0.25) is 5.91 Å². The largest absolute Gasteiger partial charge is 0.339 e. The van der Waals surface area contributed by atoms with E-state index in [4.69, 9.17) is 0 Å². The topological polar surface area (TPSA) is 40.6 Å². The van der Waals surface area contributed by atoms with Gasteiger partial charge in [0.25, 0.3) is 5.91 Å². The summed E-state index contributed by atoms with van der Waals surface area (Å²) in [6, 6.07) is 12.1. The van der Waals surface area contributed by atoms with Crippen LogP contribution in [0.5, 0.6) is 0 Å². The number of hydrogen-bond donors (Lipinski definition) is 0. The molecule has 1 fully saturated rings. The third-order valence-electron chi connectivity index (χ3n) is 4.43. The summed E-state index contributed by atoms with van der Waals surface area (Å²) in [5.74, 6) is 0.249. The van der Waals surface area contributed by atoms with Gasteiger partial charge in [-0.25, -0.2) is 0 Å². The van der Waals surface area contributed by atoms with Crippen LogP contribution in [-0.2, 0) is 11.2 Å². The summed E-state index contributed by atoms with van der Waals surface area (Å²) in [5.41, 5.74) is 1.27. The normalized spacial score (nSPS) is 14.6. The van der Waals surface area contributed by atoms with E-state index >= 15 is 0 Å². The molecule has 1 aromatic heterocycles. The number of carbonyl (C=O) groups excluding carboxylic acids is 2. The molecule has 4 nitrogen and oxygen atoms in total. The Balaban J connectivity index is 1.43. The average molecular weight is 421 g/mol. The Morgan fingerprint density at radius 1 is 1.00 bits per heavy atom. The Labute approximate surface area is 160 Å². The van der Waals surface area contributed by atoms with Gasteiger partial charge in [0.05, 0.1) is 0 Å². The predicted octanol–water partition coefficient (Wildman–Crippen LogP) is 3.82. The van der Waals surface area contributed by atoms with E-state index in [1.807, 2.05) is 39.4 Å². The lowest BCUT2D eigenvalue weighted by atomic mass is 10.1. The summed E-state index contributed by atoms with van der Waals surface area (Å²) in [6.45, 7) is 2.46. The first-order valence-electron chi connectivity index (χ1n) is 8.49. The summed E-state index contributed by atoms with van der Waals surface area (Å²) in [5, 5.41) is 1.91. The fraction of sp³-hybridized carbons (Fsp3) is 0.368. The van der Waals surface area contributed by atoms with Crippen molar-refractivity contribution in [2.45, 2.75) is 19.3 Å². The van der Waals surface area contributed by atoms with Crippen LogP contribution in [0.2, 0.25) is 0 Å². The number of halogens is 1. The van der Waals surface area contributed by atoms with Crippen molar-refractivity contribution in [3.05, 3.63) is 56.7 Å². The van der Waals surface area contributed by atoms with Crippen molar-refractivity contribution >= 4 is 39.1 Å². The lowest BCUT2D eigenvalue weighted by Crippen LogP contribution is -2.50. The summed E-state index contributed by atoms with van der Waals surface area (Å²) in [7, 11) is 0. The highest BCUT2D eigenvalue weighted by Gasteiger charge is 2.26. The van der Waals surface area contributed by atoms with E-state index in [1.165, 1.54) is 16.9 Å². The van der Waals surface area contributed by atoms with E-state index in [9.17, 15) is 9.59 Å². The van der Waals surface area contributed by atoms with Gasteiger partial charge in [-0.15, -0.1) is 11.3 Å². The van der Waals surface area contributed by atoms with Crippen molar-refractivity contribution < 1.29 is 9.59 Å². The summed E-state index contributed by atoms with van der Waals surface area (Å²) in [6.07, 6.45) is 2.36. The summed E-state index contributed by atoms with van der Waals surface area (Å²) >= 11 is 4.86. The fourth-order valence-electron chi connectivity index (χ4n) is 3.00. The van der Waals surface area contributed by atoms with Gasteiger partial charge >= 0.3 is 0 Å². The van der Waals surface area contributed by atoms with Gasteiger partial charge < -0.3 is 9.80 Å². The first-order chi connectivity index (χ1) is 12.1. The maximum atomic E-state index is 12.5. The van der Waals surface area contributed by atoms with E-state index in [-0.39, 0.29) is 11.8 Å². The van der Waals surface area contributed by atoms with Crippen LogP contribution >= 0.6 is 27.3 Å². The van der Waals surface area contributed by atoms with E-state index in [1.54, 1.807) is 0 Å². The van der Waals surface area contributed by atoms with Crippen LogP contribution in [0.1, 0.15) is 28.1 Å². The monoisotopic (exact) mass is 420 g/mol. The van der Waals surface area contributed by atoms with Crippen molar-refractivity contribution in [1.29, 1.82) is 0 Å². The van der Waals surface area contributed by atoms with Crippen molar-refractivity contribution in [3.63, 3.8) is 0 Å². The number of benzene rings is 1. The summed E-state index contributed by atoms with van der Waals surface area (Å²) in [4.78, 5) is 29.3. The molecular formula is C19H21BrN2O2S. The zero-order valence-electron chi connectivity index (χ0n) is 14.0. The van der Waals surface area contributed by atoms with Gasteiger partial charge in [0.15, 0.2) is 0 Å². The molecule has 0 saturated carbocycles. The van der Waals surface area contributed by atoms with E-state index in [2.05, 4.69) is 28.1 Å². The molecule has 1 saturated heterocycles. The lowest BCUT2D eigenvalue weighted by molar-refractivity contribution is -0.132. The third-order valence-corrected chi connectivity index (χ3v) is 6.26. The molecule has 0 aliphatic carbocycles. The summed E-state index contributed by atoms with van der Waals surface area (Å²) < 4.78 is 0.849. The SMILES string of the molecule is O=C(CCCc1ccccc1)N1CCN(C(=O)c2sccc2Br)CC1. The van der Waals surface area contributed by atoms with Crippen LogP contribution in [0.25, 0.3) is 0 Å². The van der Waals surface area contributed by atoms with Crippen LogP contribution in [0.15, 0.2) is 46.3 Å². The number of piperazine rings is 1. The zero-order chi connectivity index (χ0) is 17.6. The maximum Gasteiger partial charge on any atom is 0.265 e. The minimum Gasteiger partial charge on any atom is -0.339 e. The van der Waals surface area contributed by atoms with Crippen molar-refractivity contribution in [2.24, 2.45) is 0 Å². The Bertz CT molecular complexity index is 724. The maximum absolute atomic E-state index is 12.5. The molecule has 2 aromatic rings. The molecule has 1 aliphatic rings. The van der Waals surface area contributed by atoms with Gasteiger partial charge in [-0.2, -0.15) is 0 Å². The standard InChI is InChI=1S/C19H21BrN2O2S/c20-16-9-14-25-18(16)19(24)22-12-10-21(11-13-22)17(23)8-4-7-15-5-2-1-3-6-15/h1-3,5-6,9,14H,4,7-8,10-13H2. The Hall–Kier alpha value is -1.66. The number of hydrogen-bond acceptors (Lipinski definition) is 3. The number of thiophene rings is 1. The highest BCUT2D eigenvalue weighted by molar-refractivity contribution is 9.10. The second-order valence-corrected chi connectivity index (χ2v) is 7.88. The first kappa shape index (κ1) is 18.1. The molecule has 2 amide bonds. The zero-order valence-corrected chi connectivity index (χ0v) is 16.4. The number of carbonyl (C=O) groups is 2. The molecule has 132 valence electrons. The predicted molar refractivity (Wildman–Crippen MR) is 104 cm³/mol. The van der Waals surface area contributed by atoms with Gasteiger partial charge in [-0.1, -0.05) is 30.3 Å². The minimum absolute atomic E-state index is 0.0538. The van der Waals surface area contributed by atoms with Crippen LogP contribution in [0, 0.1) is 0 Å². The van der Waals surface area contributed by atoms with Gasteiger partial charge in [-0.3, -0.25) is 9.59 Å². The Morgan fingerprint density at radius 2 is 1.68 bits per heavy atom. The van der Waals surface area contributed by atoms with Crippen LogP contribution < -0.4 is 0 Å². The van der Waals surface area contributed by atoms with Crippen molar-refractivity contribution in [2.75, 3.05) is 26.2 Å². The number of aryl methyl sites for hydroxylation is 1.